The van der Waals surface area contributed by atoms with E-state index in [9.17, 15) is 16.8 Å². The smallest absolute Gasteiger partial charge is 0.297 e. The van der Waals surface area contributed by atoms with Gasteiger partial charge in [-0.05, 0) is 45.0 Å². The first kappa shape index (κ1) is 26.2. The number of hydrogen-bond donors (Lipinski definition) is 0. The lowest BCUT2D eigenvalue weighted by Gasteiger charge is -2.47. The molecule has 35 heavy (non-hydrogen) atoms. The van der Waals surface area contributed by atoms with Gasteiger partial charge in [-0.25, -0.2) is 0 Å². The molecule has 2 saturated heterocycles. The maximum atomic E-state index is 13.2. The zero-order chi connectivity index (χ0) is 25.4. The van der Waals surface area contributed by atoms with Gasteiger partial charge in [-0.15, -0.1) is 0 Å². The number of fused-ring (bicyclic) bond motifs is 1. The van der Waals surface area contributed by atoms with Crippen LogP contribution >= 0.6 is 0 Å². The highest BCUT2D eigenvalue weighted by Gasteiger charge is 2.54. The van der Waals surface area contributed by atoms with E-state index in [1.165, 1.54) is 31.4 Å². The van der Waals surface area contributed by atoms with Crippen LogP contribution in [0.4, 0.5) is 0 Å². The maximum Gasteiger partial charge on any atom is 0.297 e. The molecule has 6 atom stereocenters. The van der Waals surface area contributed by atoms with Crippen LogP contribution in [0.1, 0.15) is 18.1 Å². The standard InChI is InChI=1S/C23H28O10S2/c1-14-5-9-17(10-6-14)34(24,25)32-21-20-19(13-29-16(3)30-20)31-23(28-4)22(21)33-35(26,27)18-11-7-15(2)8-12-18/h5-12,16,19-23H,13H2,1-4H3/t16?,19-,20-,21+,22-,23+/m1/s1. The van der Waals surface area contributed by atoms with E-state index in [1.807, 2.05) is 13.8 Å². The molecule has 0 spiro atoms. The van der Waals surface area contributed by atoms with Gasteiger partial charge in [-0.3, -0.25) is 8.37 Å². The normalized spacial score (nSPS) is 29.5. The average molecular weight is 529 g/mol. The fraction of sp³-hybridized carbons (Fsp3) is 0.478. The van der Waals surface area contributed by atoms with E-state index in [1.54, 1.807) is 31.2 Å². The lowest BCUT2D eigenvalue weighted by atomic mass is 9.98. The SMILES string of the molecule is CO[C@H]1O[C@@H]2COC(C)O[C@H]2[C@H](OS(=O)(=O)c2ccc(C)cc2)[C@H]1OS(=O)(=O)c1ccc(C)cc1. The van der Waals surface area contributed by atoms with Crippen molar-refractivity contribution in [3.63, 3.8) is 0 Å². The van der Waals surface area contributed by atoms with Crippen LogP contribution in [0.3, 0.4) is 0 Å². The third-order valence-electron chi connectivity index (χ3n) is 5.76. The van der Waals surface area contributed by atoms with Crippen LogP contribution in [0, 0.1) is 13.8 Å². The molecule has 1 unspecified atom stereocenters. The third kappa shape index (κ3) is 5.75. The quantitative estimate of drug-likeness (QED) is 0.495. The summed E-state index contributed by atoms with van der Waals surface area (Å²) in [4.78, 5) is -0.207. The minimum Gasteiger partial charge on any atom is -0.353 e. The molecule has 0 amide bonds. The van der Waals surface area contributed by atoms with Crippen LogP contribution in [0.25, 0.3) is 0 Å². The number of benzene rings is 2. The van der Waals surface area contributed by atoms with Gasteiger partial charge in [0.2, 0.25) is 0 Å². The van der Waals surface area contributed by atoms with E-state index >= 15 is 0 Å². The Labute approximate surface area is 205 Å². The lowest BCUT2D eigenvalue weighted by molar-refractivity contribution is -0.345. The topological polar surface area (TPSA) is 124 Å². The second kappa shape index (κ2) is 10.2. The van der Waals surface area contributed by atoms with E-state index in [0.717, 1.165) is 11.1 Å². The predicted molar refractivity (Wildman–Crippen MR) is 122 cm³/mol. The molecule has 0 aromatic heterocycles. The minimum atomic E-state index is -4.35. The molecule has 10 nitrogen and oxygen atoms in total. The number of rotatable bonds is 7. The van der Waals surface area contributed by atoms with Gasteiger partial charge in [0, 0.05) is 7.11 Å². The molecular formula is C23H28O10S2. The Morgan fingerprint density at radius 3 is 1.74 bits per heavy atom. The van der Waals surface area contributed by atoms with Gasteiger partial charge < -0.3 is 18.9 Å². The number of ether oxygens (including phenoxy) is 4. The Hall–Kier alpha value is -1.90. The van der Waals surface area contributed by atoms with E-state index in [0.29, 0.717) is 0 Å². The Balaban J connectivity index is 1.71. The molecular weight excluding hydrogens is 500 g/mol. The van der Waals surface area contributed by atoms with Gasteiger partial charge in [0.15, 0.2) is 18.7 Å². The molecule has 2 aliphatic heterocycles. The van der Waals surface area contributed by atoms with Crippen LogP contribution in [0.15, 0.2) is 58.3 Å². The first-order chi connectivity index (χ1) is 16.5. The summed E-state index contributed by atoms with van der Waals surface area (Å²) < 4.78 is 86.2. The Bertz CT molecular complexity index is 1230. The lowest BCUT2D eigenvalue weighted by Crippen LogP contribution is -2.64. The van der Waals surface area contributed by atoms with Crippen LogP contribution in [0.5, 0.6) is 0 Å². The first-order valence-corrected chi connectivity index (χ1v) is 13.8. The second-order valence-corrected chi connectivity index (χ2v) is 11.6. The van der Waals surface area contributed by atoms with Gasteiger partial charge in [-0.2, -0.15) is 16.8 Å². The first-order valence-electron chi connectivity index (χ1n) is 11.0. The molecule has 2 aromatic carbocycles. The fourth-order valence-corrected chi connectivity index (χ4v) is 6.05. The summed E-state index contributed by atoms with van der Waals surface area (Å²) >= 11 is 0. The van der Waals surface area contributed by atoms with Gasteiger partial charge in [0.25, 0.3) is 20.2 Å². The maximum absolute atomic E-state index is 13.2. The zero-order valence-electron chi connectivity index (χ0n) is 19.7. The van der Waals surface area contributed by atoms with Crippen molar-refractivity contribution in [2.45, 2.75) is 67.6 Å². The highest BCUT2D eigenvalue weighted by Crippen LogP contribution is 2.35. The second-order valence-electron chi connectivity index (χ2n) is 8.44. The minimum absolute atomic E-state index is 0.0631. The molecule has 0 saturated carbocycles. The van der Waals surface area contributed by atoms with E-state index in [4.69, 9.17) is 27.3 Å². The van der Waals surface area contributed by atoms with E-state index < -0.39 is 57.2 Å². The molecule has 0 N–H and O–H groups in total. The molecule has 0 bridgehead atoms. The predicted octanol–water partition coefficient (Wildman–Crippen LogP) is 2.28. The highest BCUT2D eigenvalue weighted by molar-refractivity contribution is 7.87. The molecule has 2 fully saturated rings. The van der Waals surface area contributed by atoms with Crippen molar-refractivity contribution < 1.29 is 44.1 Å². The summed E-state index contributed by atoms with van der Waals surface area (Å²) in [6.45, 7) is 5.33. The van der Waals surface area contributed by atoms with Crippen molar-refractivity contribution in [2.24, 2.45) is 0 Å². The highest BCUT2D eigenvalue weighted by atomic mass is 32.2. The average Bonchev–Trinajstić information content (AvgIpc) is 2.81. The Kier molecular flexibility index (Phi) is 7.65. The van der Waals surface area contributed by atoms with Crippen molar-refractivity contribution in [1.29, 1.82) is 0 Å². The fourth-order valence-electron chi connectivity index (χ4n) is 3.88. The number of methoxy groups -OCH3 is 1. The Morgan fingerprint density at radius 2 is 1.26 bits per heavy atom. The van der Waals surface area contributed by atoms with E-state index in [-0.39, 0.29) is 16.4 Å². The number of aryl methyl sites for hydroxylation is 2. The number of hydrogen-bond acceptors (Lipinski definition) is 10. The van der Waals surface area contributed by atoms with Crippen LogP contribution < -0.4 is 0 Å². The van der Waals surface area contributed by atoms with E-state index in [2.05, 4.69) is 0 Å². The monoisotopic (exact) mass is 528 g/mol. The zero-order valence-corrected chi connectivity index (χ0v) is 21.3. The molecule has 12 heteroatoms. The molecule has 2 aromatic rings. The summed E-state index contributed by atoms with van der Waals surface area (Å²) in [5.74, 6) is 0. The molecule has 0 aliphatic carbocycles. The van der Waals surface area contributed by atoms with Crippen LogP contribution in [-0.2, 0) is 47.5 Å². The van der Waals surface area contributed by atoms with Gasteiger partial charge >= 0.3 is 0 Å². The van der Waals surface area contributed by atoms with Crippen LogP contribution in [-0.4, -0.2) is 67.5 Å². The van der Waals surface area contributed by atoms with Crippen LogP contribution in [0.2, 0.25) is 0 Å². The van der Waals surface area contributed by atoms with Crippen molar-refractivity contribution in [3.8, 4) is 0 Å². The van der Waals surface area contributed by atoms with Gasteiger partial charge in [0.05, 0.1) is 16.4 Å². The van der Waals surface area contributed by atoms with Crippen molar-refractivity contribution in [2.75, 3.05) is 13.7 Å². The third-order valence-corrected chi connectivity index (χ3v) is 8.41. The Morgan fingerprint density at radius 1 is 0.771 bits per heavy atom. The summed E-state index contributed by atoms with van der Waals surface area (Å²) in [6, 6.07) is 12.1. The summed E-state index contributed by atoms with van der Waals surface area (Å²) in [5, 5.41) is 0. The molecule has 2 heterocycles. The van der Waals surface area contributed by atoms with Crippen molar-refractivity contribution >= 4 is 20.2 Å². The van der Waals surface area contributed by atoms with Crippen molar-refractivity contribution in [3.05, 3.63) is 59.7 Å². The molecule has 2 aliphatic rings. The van der Waals surface area contributed by atoms with Crippen molar-refractivity contribution in [1.82, 2.24) is 0 Å². The molecule has 4 rings (SSSR count). The summed E-state index contributed by atoms with van der Waals surface area (Å²) in [5.41, 5.74) is 1.72. The molecule has 0 radical (unpaired) electrons. The summed E-state index contributed by atoms with van der Waals surface area (Å²) in [6.07, 6.45) is -6.70. The van der Waals surface area contributed by atoms with Gasteiger partial charge in [0.1, 0.15) is 18.3 Å². The summed E-state index contributed by atoms with van der Waals surface area (Å²) in [7, 11) is -7.40. The van der Waals surface area contributed by atoms with Gasteiger partial charge in [-0.1, -0.05) is 35.4 Å². The molecule has 192 valence electrons. The largest absolute Gasteiger partial charge is 0.353 e.